The number of hydrogen-bond donors (Lipinski definition) is 1. The lowest BCUT2D eigenvalue weighted by Crippen LogP contribution is -2.08. The molecule has 4 nitrogen and oxygen atoms in total. The molecule has 152 valence electrons. The highest BCUT2D eigenvalue weighted by Gasteiger charge is 2.36. The lowest BCUT2D eigenvalue weighted by Gasteiger charge is -2.14. The lowest BCUT2D eigenvalue weighted by atomic mass is 10.1. The second kappa shape index (κ2) is 8.25. The summed E-state index contributed by atoms with van der Waals surface area (Å²) < 4.78 is 59.5. The number of fused-ring (bicyclic) bond motifs is 1. The van der Waals surface area contributed by atoms with Crippen LogP contribution in [0.4, 0.5) is 17.6 Å². The van der Waals surface area contributed by atoms with E-state index >= 15 is 0 Å². The molecule has 30 heavy (non-hydrogen) atoms. The van der Waals surface area contributed by atoms with Gasteiger partial charge < -0.3 is 9.72 Å². The quantitative estimate of drug-likeness (QED) is 0.374. The zero-order valence-electron chi connectivity index (χ0n) is 15.7. The Labute approximate surface area is 169 Å². The molecule has 1 aromatic carbocycles. The summed E-state index contributed by atoms with van der Waals surface area (Å²) >= 11 is 0. The van der Waals surface area contributed by atoms with Crippen LogP contribution in [0.15, 0.2) is 67.2 Å². The van der Waals surface area contributed by atoms with Gasteiger partial charge in [0.1, 0.15) is 28.9 Å². The molecule has 0 fully saturated rings. The number of aromatic amines is 1. The van der Waals surface area contributed by atoms with Crippen LogP contribution in [-0.4, -0.2) is 9.97 Å². The maximum atomic E-state index is 13.6. The number of pyridine rings is 1. The molecule has 0 aliphatic rings. The maximum Gasteiger partial charge on any atom is 0.421 e. The van der Waals surface area contributed by atoms with Gasteiger partial charge in [-0.1, -0.05) is 30.9 Å². The SMILES string of the molecule is C=C(F)C=CC(=CC)c1cc2c(Oc3ccccc3C#N)c(C(F)(F)F)cnc2[nH]1. The summed E-state index contributed by atoms with van der Waals surface area (Å²) in [4.78, 5) is 6.77. The fourth-order valence-electron chi connectivity index (χ4n) is 2.80. The molecule has 0 aliphatic carbocycles. The fraction of sp³-hybridized carbons (Fsp3) is 0.0909. The van der Waals surface area contributed by atoms with Gasteiger partial charge >= 0.3 is 6.18 Å². The second-order valence-corrected chi connectivity index (χ2v) is 6.18. The molecule has 0 saturated carbocycles. The van der Waals surface area contributed by atoms with Gasteiger partial charge in [0.05, 0.1) is 10.9 Å². The van der Waals surface area contributed by atoms with Crippen LogP contribution in [0.25, 0.3) is 16.6 Å². The van der Waals surface area contributed by atoms with Gasteiger partial charge in [-0.2, -0.15) is 18.4 Å². The van der Waals surface area contributed by atoms with Gasteiger partial charge in [0.25, 0.3) is 0 Å². The Balaban J connectivity index is 2.21. The summed E-state index contributed by atoms with van der Waals surface area (Å²) in [5.74, 6) is -1.16. The van der Waals surface area contributed by atoms with Crippen LogP contribution in [0.1, 0.15) is 23.7 Å². The van der Waals surface area contributed by atoms with E-state index in [1.54, 1.807) is 25.1 Å². The number of alkyl halides is 3. The van der Waals surface area contributed by atoms with E-state index in [0.717, 1.165) is 6.08 Å². The van der Waals surface area contributed by atoms with Crippen molar-refractivity contribution < 1.29 is 22.3 Å². The van der Waals surface area contributed by atoms with Crippen molar-refractivity contribution in [1.29, 1.82) is 5.26 Å². The number of ether oxygens (including phenoxy) is 1. The van der Waals surface area contributed by atoms with Crippen LogP contribution in [0.5, 0.6) is 11.5 Å². The predicted molar refractivity (Wildman–Crippen MR) is 105 cm³/mol. The standard InChI is InChI=1S/C22H15F4N3O/c1-3-14(9-8-13(2)23)18-10-16-20(30-19-7-5-4-6-15(19)11-27)17(22(24,25)26)12-28-21(16)29-18/h3-10,12H,2H2,1H3,(H,28,29). The van der Waals surface area contributed by atoms with Crippen LogP contribution >= 0.6 is 0 Å². The molecule has 2 aromatic heterocycles. The third kappa shape index (κ3) is 4.25. The molecule has 0 saturated heterocycles. The van der Waals surface area contributed by atoms with Gasteiger partial charge in [0.15, 0.2) is 5.75 Å². The van der Waals surface area contributed by atoms with Gasteiger partial charge in [-0.25, -0.2) is 9.37 Å². The summed E-state index contributed by atoms with van der Waals surface area (Å²) in [7, 11) is 0. The first-order chi connectivity index (χ1) is 14.2. The number of allylic oxidation sites excluding steroid dienone is 5. The number of hydrogen-bond acceptors (Lipinski definition) is 3. The topological polar surface area (TPSA) is 61.7 Å². The lowest BCUT2D eigenvalue weighted by molar-refractivity contribution is -0.138. The van der Waals surface area contributed by atoms with Crippen molar-refractivity contribution >= 4 is 16.6 Å². The van der Waals surface area contributed by atoms with Gasteiger partial charge in [0.2, 0.25) is 0 Å². The first-order valence-corrected chi connectivity index (χ1v) is 8.69. The summed E-state index contributed by atoms with van der Waals surface area (Å²) in [5.41, 5.74) is 0.0844. The van der Waals surface area contributed by atoms with Crippen molar-refractivity contribution in [3.8, 4) is 17.6 Å². The first kappa shape index (κ1) is 20.9. The molecule has 0 spiro atoms. The van der Waals surface area contributed by atoms with Crippen molar-refractivity contribution in [3.63, 3.8) is 0 Å². The number of para-hydroxylation sites is 1. The third-order valence-corrected chi connectivity index (χ3v) is 4.20. The summed E-state index contributed by atoms with van der Waals surface area (Å²) in [6.45, 7) is 4.83. The summed E-state index contributed by atoms with van der Waals surface area (Å²) in [5, 5.41) is 9.30. The van der Waals surface area contributed by atoms with E-state index in [2.05, 4.69) is 16.5 Å². The second-order valence-electron chi connectivity index (χ2n) is 6.18. The first-order valence-electron chi connectivity index (χ1n) is 8.69. The van der Waals surface area contributed by atoms with E-state index in [1.807, 2.05) is 6.07 Å². The number of rotatable bonds is 5. The summed E-state index contributed by atoms with van der Waals surface area (Å²) in [6, 6.07) is 9.30. The minimum absolute atomic E-state index is 0.0133. The van der Waals surface area contributed by atoms with E-state index in [0.29, 0.717) is 17.5 Å². The van der Waals surface area contributed by atoms with E-state index in [-0.39, 0.29) is 22.3 Å². The minimum Gasteiger partial charge on any atom is -0.455 e. The smallest absolute Gasteiger partial charge is 0.421 e. The number of H-pyrrole nitrogens is 1. The van der Waals surface area contributed by atoms with Gasteiger partial charge in [-0.05, 0) is 36.8 Å². The molecule has 3 aromatic rings. The molecule has 1 N–H and O–H groups in total. The maximum absolute atomic E-state index is 13.6. The zero-order chi connectivity index (χ0) is 21.9. The van der Waals surface area contributed by atoms with Crippen molar-refractivity contribution in [3.05, 3.63) is 84.0 Å². The monoisotopic (exact) mass is 413 g/mol. The molecule has 8 heteroatoms. The highest BCUT2D eigenvalue weighted by molar-refractivity contribution is 5.90. The Hall–Kier alpha value is -3.86. The van der Waals surface area contributed by atoms with Gasteiger partial charge in [-0.15, -0.1) is 0 Å². The van der Waals surface area contributed by atoms with Crippen LogP contribution < -0.4 is 4.74 Å². The molecular formula is C22H15F4N3O. The molecule has 0 amide bonds. The van der Waals surface area contributed by atoms with Crippen LogP contribution in [0, 0.1) is 11.3 Å². The Bertz CT molecular complexity index is 1210. The van der Waals surface area contributed by atoms with Gasteiger partial charge in [-0.3, -0.25) is 0 Å². The molecule has 0 bridgehead atoms. The number of benzene rings is 1. The average molecular weight is 413 g/mol. The number of nitrogens with one attached hydrogen (secondary N) is 1. The molecule has 2 heterocycles. The number of nitriles is 1. The minimum atomic E-state index is -4.73. The Kier molecular flexibility index (Phi) is 5.74. The van der Waals surface area contributed by atoms with Crippen molar-refractivity contribution in [1.82, 2.24) is 9.97 Å². The van der Waals surface area contributed by atoms with Gasteiger partial charge in [0, 0.05) is 11.9 Å². The molecule has 0 radical (unpaired) electrons. The highest BCUT2D eigenvalue weighted by Crippen LogP contribution is 2.42. The van der Waals surface area contributed by atoms with E-state index in [9.17, 15) is 22.8 Å². The Morgan fingerprint density at radius 1 is 1.27 bits per heavy atom. The molecular weight excluding hydrogens is 398 g/mol. The van der Waals surface area contributed by atoms with Crippen molar-refractivity contribution in [2.75, 3.05) is 0 Å². The third-order valence-electron chi connectivity index (χ3n) is 4.20. The number of halogens is 4. The van der Waals surface area contributed by atoms with E-state index in [4.69, 9.17) is 4.74 Å². The number of aromatic nitrogens is 2. The fourth-order valence-corrected chi connectivity index (χ4v) is 2.80. The predicted octanol–water partition coefficient (Wildman–Crippen LogP) is 6.69. The largest absolute Gasteiger partial charge is 0.455 e. The van der Waals surface area contributed by atoms with E-state index in [1.165, 1.54) is 24.3 Å². The molecule has 0 atom stereocenters. The molecule has 0 aliphatic heterocycles. The van der Waals surface area contributed by atoms with E-state index < -0.39 is 23.3 Å². The molecule has 3 rings (SSSR count). The summed E-state index contributed by atoms with van der Waals surface area (Å²) in [6.07, 6.45) is 0.159. The Morgan fingerprint density at radius 3 is 2.63 bits per heavy atom. The normalized spacial score (nSPS) is 12.3. The van der Waals surface area contributed by atoms with Crippen LogP contribution in [0.2, 0.25) is 0 Å². The van der Waals surface area contributed by atoms with Crippen LogP contribution in [0.3, 0.4) is 0 Å². The zero-order valence-corrected chi connectivity index (χ0v) is 15.7. The number of nitrogens with zero attached hydrogens (tertiary/aromatic N) is 2. The average Bonchev–Trinajstić information content (AvgIpc) is 3.12. The highest BCUT2D eigenvalue weighted by atomic mass is 19.4. The Morgan fingerprint density at radius 2 is 2.00 bits per heavy atom. The van der Waals surface area contributed by atoms with Crippen LogP contribution in [-0.2, 0) is 6.18 Å². The van der Waals surface area contributed by atoms with Crippen molar-refractivity contribution in [2.24, 2.45) is 0 Å². The van der Waals surface area contributed by atoms with Crippen molar-refractivity contribution in [2.45, 2.75) is 13.1 Å². The molecule has 0 unspecified atom stereocenters.